The number of hydrogen-bond donors (Lipinski definition) is 3. The van der Waals surface area contributed by atoms with E-state index in [0.29, 0.717) is 4.47 Å². The molecule has 0 atom stereocenters. The fraction of sp³-hybridized carbons (Fsp3) is 0.0909. The monoisotopic (exact) mass is 339 g/mol. The Morgan fingerprint density at radius 1 is 1.30 bits per heavy atom. The maximum atomic E-state index is 11.7. The van der Waals surface area contributed by atoms with Crippen molar-refractivity contribution >= 4 is 27.7 Å². The molecule has 2 aromatic rings. The summed E-state index contributed by atoms with van der Waals surface area (Å²) >= 11 is 3.19. The van der Waals surface area contributed by atoms with E-state index in [0.717, 1.165) is 4.68 Å². The third-order valence-corrected chi connectivity index (χ3v) is 2.83. The third kappa shape index (κ3) is 3.12. The Bertz CT molecular complexity index is 721. The maximum absolute atomic E-state index is 11.7. The van der Waals surface area contributed by atoms with Gasteiger partial charge in [-0.15, -0.1) is 0 Å². The Balaban J connectivity index is 2.00. The van der Waals surface area contributed by atoms with E-state index in [1.807, 2.05) is 0 Å². The number of rotatable bonds is 2. The number of aryl methyl sites for hydroxylation is 1. The molecule has 8 nitrogen and oxygen atoms in total. The second-order valence-electron chi connectivity index (χ2n) is 3.82. The molecule has 0 aromatic carbocycles. The molecule has 20 heavy (non-hydrogen) atoms. The van der Waals surface area contributed by atoms with Crippen molar-refractivity contribution in [3.63, 3.8) is 0 Å². The smallest absolute Gasteiger partial charge is 0.290 e. The first-order chi connectivity index (χ1) is 9.47. The molecule has 0 aliphatic heterocycles. The van der Waals surface area contributed by atoms with E-state index in [4.69, 9.17) is 0 Å². The van der Waals surface area contributed by atoms with Crippen LogP contribution in [0.15, 0.2) is 33.7 Å². The minimum Gasteiger partial charge on any atom is -0.356 e. The topological polar surface area (TPSA) is 109 Å². The van der Waals surface area contributed by atoms with Crippen molar-refractivity contribution in [1.82, 2.24) is 25.6 Å². The van der Waals surface area contributed by atoms with Crippen molar-refractivity contribution in [3.8, 4) is 0 Å². The van der Waals surface area contributed by atoms with Gasteiger partial charge in [-0.25, -0.2) is 4.68 Å². The molecule has 2 aromatic heterocycles. The summed E-state index contributed by atoms with van der Waals surface area (Å²) in [7, 11) is 1.42. The fourth-order valence-electron chi connectivity index (χ4n) is 1.37. The molecule has 2 heterocycles. The van der Waals surface area contributed by atoms with Gasteiger partial charge in [0.15, 0.2) is 5.69 Å². The second-order valence-corrected chi connectivity index (χ2v) is 4.74. The maximum Gasteiger partial charge on any atom is 0.290 e. The largest absolute Gasteiger partial charge is 0.356 e. The first-order valence-corrected chi connectivity index (χ1v) is 6.25. The van der Waals surface area contributed by atoms with Gasteiger partial charge in [0.05, 0.1) is 0 Å². The van der Waals surface area contributed by atoms with Crippen molar-refractivity contribution in [2.45, 2.75) is 0 Å². The third-order valence-electron chi connectivity index (χ3n) is 2.38. The minimum absolute atomic E-state index is 0.0140. The van der Waals surface area contributed by atoms with Crippen LogP contribution in [0.25, 0.3) is 0 Å². The molecular formula is C11H10BrN5O3. The number of H-pyrrole nitrogens is 1. The highest BCUT2D eigenvalue weighted by Crippen LogP contribution is 2.09. The molecule has 0 saturated heterocycles. The molecule has 0 radical (unpaired) electrons. The Morgan fingerprint density at radius 3 is 2.60 bits per heavy atom. The molecule has 104 valence electrons. The van der Waals surface area contributed by atoms with Gasteiger partial charge in [0, 0.05) is 23.8 Å². The molecule has 0 aliphatic carbocycles. The highest BCUT2D eigenvalue weighted by Gasteiger charge is 2.12. The number of aromatic nitrogens is 3. The molecule has 0 spiro atoms. The lowest BCUT2D eigenvalue weighted by molar-refractivity contribution is 0.0840. The van der Waals surface area contributed by atoms with Crippen molar-refractivity contribution in [3.05, 3.63) is 50.6 Å². The van der Waals surface area contributed by atoms with Crippen LogP contribution in [-0.2, 0) is 7.05 Å². The summed E-state index contributed by atoms with van der Waals surface area (Å²) in [6.07, 6.45) is 1.59. The van der Waals surface area contributed by atoms with E-state index in [2.05, 4.69) is 36.9 Å². The lowest BCUT2D eigenvalue weighted by atomic mass is 10.4. The summed E-state index contributed by atoms with van der Waals surface area (Å²) in [6, 6.07) is 4.05. The molecular weight excluding hydrogens is 330 g/mol. The van der Waals surface area contributed by atoms with Crippen molar-refractivity contribution in [2.24, 2.45) is 7.05 Å². The zero-order valence-corrected chi connectivity index (χ0v) is 11.9. The van der Waals surface area contributed by atoms with Gasteiger partial charge < -0.3 is 4.98 Å². The Morgan fingerprint density at radius 2 is 2.00 bits per heavy atom. The number of hydrazine groups is 1. The number of nitrogens with one attached hydrogen (secondary N) is 3. The molecule has 2 rings (SSSR count). The molecule has 0 saturated carbocycles. The van der Waals surface area contributed by atoms with Crippen LogP contribution in [0.1, 0.15) is 21.0 Å². The van der Waals surface area contributed by atoms with E-state index in [9.17, 15) is 14.4 Å². The summed E-state index contributed by atoms with van der Waals surface area (Å²) < 4.78 is 1.74. The summed E-state index contributed by atoms with van der Waals surface area (Å²) in [5.41, 5.74) is 4.39. The van der Waals surface area contributed by atoms with E-state index >= 15 is 0 Å². The van der Waals surface area contributed by atoms with Crippen LogP contribution in [0.2, 0.25) is 0 Å². The Hall–Kier alpha value is -2.42. The predicted octanol–water partition coefficient (Wildman–Crippen LogP) is -0.0543. The van der Waals surface area contributed by atoms with E-state index < -0.39 is 11.8 Å². The highest BCUT2D eigenvalue weighted by atomic mass is 79.9. The highest BCUT2D eigenvalue weighted by molar-refractivity contribution is 9.10. The molecule has 3 N–H and O–H groups in total. The summed E-state index contributed by atoms with van der Waals surface area (Å²) in [5, 5.41) is 3.75. The van der Waals surface area contributed by atoms with Gasteiger partial charge in [0.25, 0.3) is 17.4 Å². The van der Waals surface area contributed by atoms with Gasteiger partial charge in [-0.1, -0.05) is 0 Å². The fourth-order valence-corrected chi connectivity index (χ4v) is 1.71. The lowest BCUT2D eigenvalue weighted by Crippen LogP contribution is -2.42. The number of amides is 2. The van der Waals surface area contributed by atoms with Gasteiger partial charge in [-0.05, 0) is 28.1 Å². The van der Waals surface area contributed by atoms with Gasteiger partial charge in [-0.2, -0.15) is 5.10 Å². The quantitative estimate of drug-likeness (QED) is 0.666. The van der Waals surface area contributed by atoms with Gasteiger partial charge in [0.2, 0.25) is 0 Å². The van der Waals surface area contributed by atoms with Crippen LogP contribution in [0.3, 0.4) is 0 Å². The predicted molar refractivity (Wildman–Crippen MR) is 72.9 cm³/mol. The van der Waals surface area contributed by atoms with Gasteiger partial charge >= 0.3 is 0 Å². The number of hydrogen-bond acceptors (Lipinski definition) is 4. The minimum atomic E-state index is -0.625. The van der Waals surface area contributed by atoms with Crippen LogP contribution in [0, 0.1) is 0 Å². The van der Waals surface area contributed by atoms with Crippen LogP contribution >= 0.6 is 15.9 Å². The molecule has 0 bridgehead atoms. The first kappa shape index (κ1) is 14.0. The van der Waals surface area contributed by atoms with Gasteiger partial charge in [-0.3, -0.25) is 25.2 Å². The number of carbonyl (C=O) groups excluding carboxylic acids is 2. The summed E-state index contributed by atoms with van der Waals surface area (Å²) in [4.78, 5) is 37.2. The molecule has 0 aliphatic rings. The molecule has 2 amide bonds. The van der Waals surface area contributed by atoms with E-state index in [1.165, 1.54) is 19.2 Å². The van der Waals surface area contributed by atoms with Gasteiger partial charge in [0.1, 0.15) is 5.69 Å². The SMILES string of the molecule is Cn1nc(C(=O)NNC(=O)c2cc(Br)c[nH]2)ccc1=O. The zero-order valence-electron chi connectivity index (χ0n) is 10.3. The summed E-state index contributed by atoms with van der Waals surface area (Å²) in [6.45, 7) is 0. The number of nitrogens with zero attached hydrogens (tertiary/aromatic N) is 2. The molecule has 0 unspecified atom stereocenters. The summed E-state index contributed by atoms with van der Waals surface area (Å²) in [5.74, 6) is -1.13. The average Bonchev–Trinajstić information content (AvgIpc) is 2.85. The normalized spacial score (nSPS) is 10.1. The lowest BCUT2D eigenvalue weighted by Gasteiger charge is -2.06. The molecule has 0 fully saturated rings. The second kappa shape index (κ2) is 5.70. The van der Waals surface area contributed by atoms with Crippen LogP contribution in [0.4, 0.5) is 0 Å². The number of halogens is 1. The average molecular weight is 340 g/mol. The number of aromatic amines is 1. The molecule has 9 heteroatoms. The van der Waals surface area contributed by atoms with Crippen molar-refractivity contribution in [2.75, 3.05) is 0 Å². The number of carbonyl (C=O) groups is 2. The van der Waals surface area contributed by atoms with E-state index in [1.54, 1.807) is 12.3 Å². The van der Waals surface area contributed by atoms with Crippen LogP contribution in [0.5, 0.6) is 0 Å². The van der Waals surface area contributed by atoms with Crippen molar-refractivity contribution in [1.29, 1.82) is 0 Å². The standard InChI is InChI=1S/C11H10BrN5O3/c1-17-9(18)3-2-7(16-17)10(19)14-15-11(20)8-4-6(12)5-13-8/h2-5,13H,1H3,(H,14,19)(H,15,20). The zero-order chi connectivity index (χ0) is 14.7. The van der Waals surface area contributed by atoms with E-state index in [-0.39, 0.29) is 16.9 Å². The van der Waals surface area contributed by atoms with Crippen molar-refractivity contribution < 1.29 is 9.59 Å². The first-order valence-electron chi connectivity index (χ1n) is 5.46. The van der Waals surface area contributed by atoms with Crippen LogP contribution in [-0.4, -0.2) is 26.6 Å². The van der Waals surface area contributed by atoms with Crippen LogP contribution < -0.4 is 16.4 Å². The Kier molecular flexibility index (Phi) is 3.99. The Labute approximate surface area is 121 Å².